The van der Waals surface area contributed by atoms with E-state index in [1.165, 1.54) is 11.8 Å². The van der Waals surface area contributed by atoms with Crippen molar-refractivity contribution in [2.45, 2.75) is 40.7 Å². The maximum absolute atomic E-state index is 12.1. The Labute approximate surface area is 135 Å². The fourth-order valence-corrected chi connectivity index (χ4v) is 3.10. The number of imidazole rings is 1. The Morgan fingerprint density at radius 2 is 2.14 bits per heavy atom. The molecule has 120 valence electrons. The van der Waals surface area contributed by atoms with Gasteiger partial charge in [0, 0.05) is 37.0 Å². The molecule has 1 aromatic rings. The second kappa shape index (κ2) is 6.69. The van der Waals surface area contributed by atoms with Crippen LogP contribution in [0.5, 0.6) is 0 Å². The number of thioether (sulfide) groups is 1. The van der Waals surface area contributed by atoms with Gasteiger partial charge in [0.2, 0.25) is 5.91 Å². The SMILES string of the molecule is Cc1nccn1CCCN1C(=O)CS/C1=C/C(=O)C(C)(C)C. The number of allylic oxidation sites excluding steroid dienone is 1. The zero-order valence-corrected chi connectivity index (χ0v) is 14.4. The minimum atomic E-state index is -0.418. The number of aryl methyl sites for hydroxylation is 2. The highest BCUT2D eigenvalue weighted by molar-refractivity contribution is 8.04. The average molecular weight is 321 g/mol. The van der Waals surface area contributed by atoms with Gasteiger partial charge in [-0.05, 0) is 13.3 Å². The van der Waals surface area contributed by atoms with E-state index in [1.54, 1.807) is 17.2 Å². The van der Waals surface area contributed by atoms with Crippen molar-refractivity contribution in [3.05, 3.63) is 29.3 Å². The Morgan fingerprint density at radius 3 is 2.73 bits per heavy atom. The van der Waals surface area contributed by atoms with E-state index in [4.69, 9.17) is 0 Å². The smallest absolute Gasteiger partial charge is 0.237 e. The number of carbonyl (C=O) groups excluding carboxylic acids is 2. The topological polar surface area (TPSA) is 55.2 Å². The number of hydrogen-bond donors (Lipinski definition) is 0. The largest absolute Gasteiger partial charge is 0.335 e. The van der Waals surface area contributed by atoms with E-state index in [1.807, 2.05) is 33.9 Å². The molecule has 0 radical (unpaired) electrons. The highest BCUT2D eigenvalue weighted by Crippen LogP contribution is 2.30. The Hall–Kier alpha value is -1.56. The van der Waals surface area contributed by atoms with Crippen molar-refractivity contribution in [3.8, 4) is 0 Å². The van der Waals surface area contributed by atoms with Gasteiger partial charge < -0.3 is 9.47 Å². The van der Waals surface area contributed by atoms with Crippen LogP contribution < -0.4 is 0 Å². The van der Waals surface area contributed by atoms with Gasteiger partial charge in [0.15, 0.2) is 5.78 Å². The van der Waals surface area contributed by atoms with Crippen molar-refractivity contribution in [1.29, 1.82) is 0 Å². The van der Waals surface area contributed by atoms with Gasteiger partial charge in [0.1, 0.15) is 5.82 Å². The van der Waals surface area contributed by atoms with Gasteiger partial charge in [-0.3, -0.25) is 9.59 Å². The molecule has 0 bridgehead atoms. The molecule has 2 rings (SSSR count). The Balaban J connectivity index is 1.98. The van der Waals surface area contributed by atoms with Gasteiger partial charge >= 0.3 is 0 Å². The lowest BCUT2D eigenvalue weighted by Crippen LogP contribution is -2.28. The molecule has 0 atom stereocenters. The number of hydrogen-bond acceptors (Lipinski definition) is 4. The van der Waals surface area contributed by atoms with E-state index in [0.29, 0.717) is 12.3 Å². The molecule has 5 nitrogen and oxygen atoms in total. The maximum Gasteiger partial charge on any atom is 0.237 e. The first-order chi connectivity index (χ1) is 10.3. The van der Waals surface area contributed by atoms with Crippen LogP contribution in [0.1, 0.15) is 33.0 Å². The summed E-state index contributed by atoms with van der Waals surface area (Å²) in [7, 11) is 0. The maximum atomic E-state index is 12.1. The second-order valence-corrected chi connectivity index (χ2v) is 7.45. The van der Waals surface area contributed by atoms with Crippen LogP contribution in [0.25, 0.3) is 0 Å². The van der Waals surface area contributed by atoms with E-state index in [9.17, 15) is 9.59 Å². The van der Waals surface area contributed by atoms with E-state index in [0.717, 1.165) is 23.8 Å². The van der Waals surface area contributed by atoms with Crippen LogP contribution in [-0.4, -0.2) is 38.4 Å². The second-order valence-electron chi connectivity index (χ2n) is 6.45. The normalized spacial score (nSPS) is 17.5. The molecule has 1 aliphatic heterocycles. The minimum Gasteiger partial charge on any atom is -0.335 e. The number of nitrogens with zero attached hydrogens (tertiary/aromatic N) is 3. The molecule has 22 heavy (non-hydrogen) atoms. The van der Waals surface area contributed by atoms with Crippen molar-refractivity contribution in [2.24, 2.45) is 5.41 Å². The highest BCUT2D eigenvalue weighted by Gasteiger charge is 2.28. The van der Waals surface area contributed by atoms with Crippen LogP contribution >= 0.6 is 11.8 Å². The summed E-state index contributed by atoms with van der Waals surface area (Å²) >= 11 is 1.45. The molecule has 1 saturated heterocycles. The fraction of sp³-hybridized carbons (Fsp3) is 0.562. The predicted molar refractivity (Wildman–Crippen MR) is 88.3 cm³/mol. The van der Waals surface area contributed by atoms with E-state index in [-0.39, 0.29) is 11.7 Å². The average Bonchev–Trinajstić information content (AvgIpc) is 2.98. The van der Waals surface area contributed by atoms with Crippen LogP contribution in [-0.2, 0) is 16.1 Å². The molecule has 1 aliphatic rings. The van der Waals surface area contributed by atoms with Crippen molar-refractivity contribution < 1.29 is 9.59 Å². The summed E-state index contributed by atoms with van der Waals surface area (Å²) in [5.74, 6) is 1.54. The summed E-state index contributed by atoms with van der Waals surface area (Å²) in [6, 6.07) is 0. The van der Waals surface area contributed by atoms with Gasteiger partial charge in [-0.2, -0.15) is 0 Å². The molecule has 0 aromatic carbocycles. The van der Waals surface area contributed by atoms with Crippen molar-refractivity contribution in [3.63, 3.8) is 0 Å². The molecule has 0 N–H and O–H groups in total. The molecule has 2 heterocycles. The number of ketones is 1. The molecule has 1 fully saturated rings. The molecular weight excluding hydrogens is 298 g/mol. The summed E-state index contributed by atoms with van der Waals surface area (Å²) in [5, 5.41) is 0.785. The van der Waals surface area contributed by atoms with Crippen molar-refractivity contribution in [2.75, 3.05) is 12.3 Å². The summed E-state index contributed by atoms with van der Waals surface area (Å²) in [6.45, 7) is 9.08. The predicted octanol–water partition coefficient (Wildman–Crippen LogP) is 2.61. The van der Waals surface area contributed by atoms with Crippen LogP contribution in [0.15, 0.2) is 23.5 Å². The summed E-state index contributed by atoms with van der Waals surface area (Å²) < 4.78 is 2.07. The first-order valence-electron chi connectivity index (χ1n) is 7.46. The summed E-state index contributed by atoms with van der Waals surface area (Å²) in [5.41, 5.74) is -0.418. The lowest BCUT2D eigenvalue weighted by atomic mass is 9.91. The van der Waals surface area contributed by atoms with E-state index in [2.05, 4.69) is 9.55 Å². The lowest BCUT2D eigenvalue weighted by molar-refractivity contribution is -0.125. The standard InChI is InChI=1S/C16H23N3O2S/c1-12-17-6-9-18(12)7-5-8-19-14(21)11-22-15(19)10-13(20)16(2,3)4/h6,9-10H,5,7-8,11H2,1-4H3/b15-10+. The van der Waals surface area contributed by atoms with E-state index >= 15 is 0 Å². The minimum absolute atomic E-state index is 0.0557. The first-order valence-corrected chi connectivity index (χ1v) is 8.44. The molecular formula is C16H23N3O2S. The zero-order valence-electron chi connectivity index (χ0n) is 13.6. The first kappa shape index (κ1) is 16.8. The molecule has 0 unspecified atom stereocenters. The van der Waals surface area contributed by atoms with Crippen LogP contribution in [0.4, 0.5) is 0 Å². The molecule has 6 heteroatoms. The number of carbonyl (C=O) groups is 2. The van der Waals surface area contributed by atoms with E-state index < -0.39 is 5.41 Å². The third kappa shape index (κ3) is 4.00. The lowest BCUT2D eigenvalue weighted by Gasteiger charge is -2.19. The fourth-order valence-electron chi connectivity index (χ4n) is 2.14. The van der Waals surface area contributed by atoms with Crippen molar-refractivity contribution in [1.82, 2.24) is 14.5 Å². The number of aromatic nitrogens is 2. The Kier molecular flexibility index (Phi) is 5.11. The Bertz CT molecular complexity index is 599. The monoisotopic (exact) mass is 321 g/mol. The number of rotatable bonds is 5. The van der Waals surface area contributed by atoms with Gasteiger partial charge in [-0.1, -0.05) is 32.5 Å². The van der Waals surface area contributed by atoms with Crippen LogP contribution in [0, 0.1) is 12.3 Å². The highest BCUT2D eigenvalue weighted by atomic mass is 32.2. The zero-order chi connectivity index (χ0) is 16.3. The third-order valence-electron chi connectivity index (χ3n) is 3.61. The van der Waals surface area contributed by atoms with Gasteiger partial charge in [0.25, 0.3) is 0 Å². The van der Waals surface area contributed by atoms with Gasteiger partial charge in [0.05, 0.1) is 10.8 Å². The number of amides is 1. The third-order valence-corrected chi connectivity index (χ3v) is 4.63. The van der Waals surface area contributed by atoms with Gasteiger partial charge in [-0.15, -0.1) is 0 Å². The molecule has 0 aliphatic carbocycles. The Morgan fingerprint density at radius 1 is 1.41 bits per heavy atom. The molecule has 1 aromatic heterocycles. The molecule has 0 saturated carbocycles. The van der Waals surface area contributed by atoms with Gasteiger partial charge in [-0.25, -0.2) is 4.98 Å². The summed E-state index contributed by atoms with van der Waals surface area (Å²) in [4.78, 5) is 30.1. The summed E-state index contributed by atoms with van der Waals surface area (Å²) in [6.07, 6.45) is 6.18. The quantitative estimate of drug-likeness (QED) is 0.782. The van der Waals surface area contributed by atoms with Crippen LogP contribution in [0.3, 0.4) is 0 Å². The molecule has 1 amide bonds. The van der Waals surface area contributed by atoms with Crippen LogP contribution in [0.2, 0.25) is 0 Å². The van der Waals surface area contributed by atoms with Crippen molar-refractivity contribution >= 4 is 23.5 Å². The molecule has 0 spiro atoms.